The van der Waals surface area contributed by atoms with E-state index in [-0.39, 0.29) is 13.3 Å². The maximum atomic E-state index is 9.63. The second-order valence-electron chi connectivity index (χ2n) is 2.95. The van der Waals surface area contributed by atoms with Crippen molar-refractivity contribution in [2.75, 3.05) is 13.3 Å². The first-order chi connectivity index (χ1) is 6.74. The highest BCUT2D eigenvalue weighted by Gasteiger charge is 2.24. The van der Waals surface area contributed by atoms with Gasteiger partial charge < -0.3 is 20.3 Å². The normalized spacial score (nSPS) is 15.6. The van der Waals surface area contributed by atoms with Gasteiger partial charge in [-0.25, -0.2) is 0 Å². The molecular formula is C9H10ClNO3. The minimum absolute atomic E-state index is 0.0968. The average molecular weight is 216 g/mol. The predicted molar refractivity (Wildman–Crippen MR) is 51.6 cm³/mol. The molecule has 3 N–H and O–H groups in total. The summed E-state index contributed by atoms with van der Waals surface area (Å²) in [6.07, 6.45) is -0.820. The molecule has 0 spiro atoms. The zero-order valence-corrected chi connectivity index (χ0v) is 8.12. The molecular weight excluding hydrogens is 206 g/mol. The molecule has 1 aromatic rings. The van der Waals surface area contributed by atoms with E-state index in [2.05, 4.69) is 0 Å². The van der Waals surface area contributed by atoms with Crippen LogP contribution in [0.25, 0.3) is 0 Å². The van der Waals surface area contributed by atoms with Crippen molar-refractivity contribution in [3.05, 3.63) is 22.7 Å². The Labute approximate surface area is 86.2 Å². The van der Waals surface area contributed by atoms with Gasteiger partial charge in [-0.2, -0.15) is 0 Å². The van der Waals surface area contributed by atoms with E-state index in [4.69, 9.17) is 26.8 Å². The SMILES string of the molecule is NCC(O)c1c(Cl)ccc2c1OCO2. The Morgan fingerprint density at radius 1 is 1.50 bits per heavy atom. The van der Waals surface area contributed by atoms with E-state index in [1.54, 1.807) is 12.1 Å². The number of fused-ring (bicyclic) bond motifs is 1. The summed E-state index contributed by atoms with van der Waals surface area (Å²) in [7, 11) is 0. The lowest BCUT2D eigenvalue weighted by atomic mass is 10.1. The topological polar surface area (TPSA) is 64.7 Å². The highest BCUT2D eigenvalue weighted by atomic mass is 35.5. The Morgan fingerprint density at radius 3 is 3.00 bits per heavy atom. The van der Waals surface area contributed by atoms with Crippen LogP contribution in [0, 0.1) is 0 Å². The number of aliphatic hydroxyl groups is 1. The summed E-state index contributed by atoms with van der Waals surface area (Å²) in [6.45, 7) is 0.250. The Kier molecular flexibility index (Phi) is 2.50. The lowest BCUT2D eigenvalue weighted by Crippen LogP contribution is -2.12. The van der Waals surface area contributed by atoms with Crippen LogP contribution in [0.15, 0.2) is 12.1 Å². The lowest BCUT2D eigenvalue weighted by Gasteiger charge is -2.12. The summed E-state index contributed by atoms with van der Waals surface area (Å²) in [5, 5.41) is 10.1. The van der Waals surface area contributed by atoms with Gasteiger partial charge in [0.1, 0.15) is 0 Å². The first-order valence-corrected chi connectivity index (χ1v) is 4.58. The summed E-state index contributed by atoms with van der Waals surface area (Å²) in [4.78, 5) is 0. The molecule has 1 heterocycles. The van der Waals surface area contributed by atoms with E-state index in [0.29, 0.717) is 22.1 Å². The molecule has 0 fully saturated rings. The largest absolute Gasteiger partial charge is 0.454 e. The van der Waals surface area contributed by atoms with Crippen LogP contribution in [0.2, 0.25) is 5.02 Å². The Bertz CT molecular complexity index is 356. The van der Waals surface area contributed by atoms with Crippen molar-refractivity contribution in [2.45, 2.75) is 6.10 Å². The van der Waals surface area contributed by atoms with Gasteiger partial charge in [-0.05, 0) is 12.1 Å². The second kappa shape index (κ2) is 3.65. The van der Waals surface area contributed by atoms with Gasteiger partial charge in [-0.3, -0.25) is 0 Å². The summed E-state index contributed by atoms with van der Waals surface area (Å²) >= 11 is 5.93. The molecule has 0 aliphatic carbocycles. The van der Waals surface area contributed by atoms with Gasteiger partial charge in [0.25, 0.3) is 0 Å². The molecule has 1 atom stereocenters. The first-order valence-electron chi connectivity index (χ1n) is 4.20. The molecule has 0 bridgehead atoms. The average Bonchev–Trinajstić information content (AvgIpc) is 2.64. The zero-order chi connectivity index (χ0) is 10.1. The van der Waals surface area contributed by atoms with Crippen LogP contribution in [-0.4, -0.2) is 18.4 Å². The van der Waals surface area contributed by atoms with Crippen LogP contribution in [0.5, 0.6) is 11.5 Å². The fourth-order valence-electron chi connectivity index (χ4n) is 1.40. The highest BCUT2D eigenvalue weighted by Crippen LogP contribution is 2.42. The first kappa shape index (κ1) is 9.58. The third kappa shape index (κ3) is 1.41. The van der Waals surface area contributed by atoms with Crippen molar-refractivity contribution in [1.29, 1.82) is 0 Å². The molecule has 4 nitrogen and oxygen atoms in total. The fourth-order valence-corrected chi connectivity index (χ4v) is 1.67. The number of halogens is 1. The summed E-state index contributed by atoms with van der Waals surface area (Å²) < 4.78 is 10.4. The van der Waals surface area contributed by atoms with E-state index in [0.717, 1.165) is 0 Å². The number of nitrogens with two attached hydrogens (primary N) is 1. The second-order valence-corrected chi connectivity index (χ2v) is 3.35. The van der Waals surface area contributed by atoms with Crippen molar-refractivity contribution < 1.29 is 14.6 Å². The van der Waals surface area contributed by atoms with Crippen LogP contribution >= 0.6 is 11.6 Å². The third-order valence-corrected chi connectivity index (χ3v) is 2.41. The van der Waals surface area contributed by atoms with Gasteiger partial charge in [0.2, 0.25) is 6.79 Å². The number of hydrogen-bond acceptors (Lipinski definition) is 4. The summed E-state index contributed by atoms with van der Waals surface area (Å²) in [5.74, 6) is 1.09. The predicted octanol–water partition coefficient (Wildman–Crippen LogP) is 1.06. The van der Waals surface area contributed by atoms with Gasteiger partial charge >= 0.3 is 0 Å². The molecule has 14 heavy (non-hydrogen) atoms. The standard InChI is InChI=1S/C9H10ClNO3/c10-5-1-2-7-9(14-4-13-7)8(5)6(12)3-11/h1-2,6,12H,3-4,11H2. The number of aliphatic hydroxyl groups excluding tert-OH is 1. The summed E-state index contributed by atoms with van der Waals surface area (Å²) in [5.41, 5.74) is 5.87. The summed E-state index contributed by atoms with van der Waals surface area (Å²) in [6, 6.07) is 3.36. The van der Waals surface area contributed by atoms with Crippen molar-refractivity contribution >= 4 is 11.6 Å². The van der Waals surface area contributed by atoms with Crippen molar-refractivity contribution in [1.82, 2.24) is 0 Å². The highest BCUT2D eigenvalue weighted by molar-refractivity contribution is 6.31. The third-order valence-electron chi connectivity index (χ3n) is 2.08. The molecule has 76 valence electrons. The quantitative estimate of drug-likeness (QED) is 0.775. The van der Waals surface area contributed by atoms with Crippen molar-refractivity contribution in [3.63, 3.8) is 0 Å². The van der Waals surface area contributed by atoms with Gasteiger partial charge in [0, 0.05) is 12.1 Å². The van der Waals surface area contributed by atoms with E-state index in [9.17, 15) is 5.11 Å². The molecule has 2 rings (SSSR count). The van der Waals surface area contributed by atoms with E-state index < -0.39 is 6.10 Å². The van der Waals surface area contributed by atoms with Gasteiger partial charge in [-0.1, -0.05) is 11.6 Å². The van der Waals surface area contributed by atoms with Gasteiger partial charge in [0.15, 0.2) is 11.5 Å². The van der Waals surface area contributed by atoms with Crippen LogP contribution in [0.3, 0.4) is 0 Å². The molecule has 0 aromatic heterocycles. The van der Waals surface area contributed by atoms with E-state index >= 15 is 0 Å². The minimum Gasteiger partial charge on any atom is -0.454 e. The maximum Gasteiger partial charge on any atom is 0.231 e. The number of ether oxygens (including phenoxy) is 2. The Balaban J connectivity index is 2.51. The molecule has 1 unspecified atom stereocenters. The number of hydrogen-bond donors (Lipinski definition) is 2. The minimum atomic E-state index is -0.820. The van der Waals surface area contributed by atoms with Gasteiger partial charge in [0.05, 0.1) is 11.1 Å². The smallest absolute Gasteiger partial charge is 0.231 e. The van der Waals surface area contributed by atoms with Crippen LogP contribution < -0.4 is 15.2 Å². The monoisotopic (exact) mass is 215 g/mol. The van der Waals surface area contributed by atoms with E-state index in [1.807, 2.05) is 0 Å². The molecule has 5 heteroatoms. The van der Waals surface area contributed by atoms with Gasteiger partial charge in [-0.15, -0.1) is 0 Å². The molecule has 1 aliphatic heterocycles. The van der Waals surface area contributed by atoms with E-state index in [1.165, 1.54) is 0 Å². The van der Waals surface area contributed by atoms with Crippen LogP contribution in [-0.2, 0) is 0 Å². The Hall–Kier alpha value is -0.970. The molecule has 0 saturated carbocycles. The maximum absolute atomic E-state index is 9.63. The molecule has 1 aromatic carbocycles. The molecule has 0 amide bonds. The fraction of sp³-hybridized carbons (Fsp3) is 0.333. The molecule has 0 radical (unpaired) electrons. The molecule has 1 aliphatic rings. The number of benzene rings is 1. The number of rotatable bonds is 2. The van der Waals surface area contributed by atoms with Crippen LogP contribution in [0.1, 0.15) is 11.7 Å². The van der Waals surface area contributed by atoms with Crippen LogP contribution in [0.4, 0.5) is 0 Å². The zero-order valence-electron chi connectivity index (χ0n) is 7.37. The molecule has 0 saturated heterocycles. The van der Waals surface area contributed by atoms with Crippen molar-refractivity contribution in [2.24, 2.45) is 5.73 Å². The van der Waals surface area contributed by atoms with Crippen molar-refractivity contribution in [3.8, 4) is 11.5 Å². The Morgan fingerprint density at radius 2 is 2.29 bits per heavy atom. The lowest BCUT2D eigenvalue weighted by molar-refractivity contribution is 0.161.